The van der Waals surface area contributed by atoms with Crippen LogP contribution in [-0.2, 0) is 6.54 Å². The van der Waals surface area contributed by atoms with Crippen LogP contribution in [0.25, 0.3) is 0 Å². The van der Waals surface area contributed by atoms with Gasteiger partial charge in [0.05, 0.1) is 4.47 Å². The second-order valence-electron chi connectivity index (χ2n) is 2.92. The first-order valence-electron chi connectivity index (χ1n) is 4.42. The number of hydrogen-bond donors (Lipinski definition) is 2. The van der Waals surface area contributed by atoms with E-state index in [1.807, 2.05) is 18.2 Å². The van der Waals surface area contributed by atoms with Gasteiger partial charge in [-0.3, -0.25) is 0 Å². The van der Waals surface area contributed by atoms with E-state index in [4.69, 9.17) is 0 Å². The van der Waals surface area contributed by atoms with Crippen LogP contribution in [0, 0.1) is 0 Å². The fourth-order valence-electron chi connectivity index (χ4n) is 1.10. The van der Waals surface area contributed by atoms with Crippen LogP contribution in [0.2, 0.25) is 0 Å². The van der Waals surface area contributed by atoms with Crippen LogP contribution in [0.3, 0.4) is 0 Å². The molecule has 2 nitrogen and oxygen atoms in total. The minimum Gasteiger partial charge on any atom is -0.506 e. The van der Waals surface area contributed by atoms with Gasteiger partial charge in [-0.15, -0.1) is 0 Å². The maximum atomic E-state index is 9.61. The van der Waals surface area contributed by atoms with Crippen molar-refractivity contribution >= 4 is 15.9 Å². The molecule has 0 radical (unpaired) electrons. The fourth-order valence-corrected chi connectivity index (χ4v) is 1.51. The zero-order valence-electron chi connectivity index (χ0n) is 7.68. The normalized spacial score (nSPS) is 10.3. The summed E-state index contributed by atoms with van der Waals surface area (Å²) in [6.45, 7) is 3.82. The number of halogens is 1. The third kappa shape index (κ3) is 3.01. The SMILES string of the molecule is CCCNCc1cccc(Br)c1O. The minimum atomic E-state index is 0.339. The van der Waals surface area contributed by atoms with Crippen molar-refractivity contribution in [1.29, 1.82) is 0 Å². The lowest BCUT2D eigenvalue weighted by molar-refractivity contribution is 0.461. The van der Waals surface area contributed by atoms with Gasteiger partial charge in [0, 0.05) is 12.1 Å². The van der Waals surface area contributed by atoms with Gasteiger partial charge in [0.1, 0.15) is 5.75 Å². The Hall–Kier alpha value is -0.540. The lowest BCUT2D eigenvalue weighted by Crippen LogP contribution is -2.13. The molecule has 72 valence electrons. The van der Waals surface area contributed by atoms with Crippen molar-refractivity contribution < 1.29 is 5.11 Å². The van der Waals surface area contributed by atoms with E-state index in [0.717, 1.165) is 29.5 Å². The van der Waals surface area contributed by atoms with Crippen molar-refractivity contribution in [1.82, 2.24) is 5.32 Å². The quantitative estimate of drug-likeness (QED) is 0.798. The van der Waals surface area contributed by atoms with Crippen molar-refractivity contribution in [2.45, 2.75) is 19.9 Å². The number of phenols is 1. The topological polar surface area (TPSA) is 32.3 Å². The summed E-state index contributed by atoms with van der Waals surface area (Å²) in [6, 6.07) is 5.67. The molecule has 0 atom stereocenters. The first kappa shape index (κ1) is 10.5. The predicted octanol–water partition coefficient (Wildman–Crippen LogP) is 2.65. The lowest BCUT2D eigenvalue weighted by Gasteiger charge is -2.06. The van der Waals surface area contributed by atoms with Crippen LogP contribution in [-0.4, -0.2) is 11.7 Å². The summed E-state index contributed by atoms with van der Waals surface area (Å²) >= 11 is 3.28. The third-order valence-electron chi connectivity index (χ3n) is 1.81. The number of benzene rings is 1. The second-order valence-corrected chi connectivity index (χ2v) is 3.78. The van der Waals surface area contributed by atoms with Crippen LogP contribution in [0.5, 0.6) is 5.75 Å². The summed E-state index contributed by atoms with van der Waals surface area (Å²) < 4.78 is 0.753. The van der Waals surface area contributed by atoms with Gasteiger partial charge in [-0.25, -0.2) is 0 Å². The Balaban J connectivity index is 2.61. The Morgan fingerprint density at radius 1 is 1.46 bits per heavy atom. The molecule has 0 bridgehead atoms. The zero-order valence-corrected chi connectivity index (χ0v) is 9.26. The molecule has 0 aliphatic carbocycles. The summed E-state index contributed by atoms with van der Waals surface area (Å²) in [7, 11) is 0. The molecule has 0 fully saturated rings. The maximum Gasteiger partial charge on any atom is 0.134 e. The zero-order chi connectivity index (χ0) is 9.68. The summed E-state index contributed by atoms with van der Waals surface area (Å²) in [4.78, 5) is 0. The van der Waals surface area contributed by atoms with E-state index >= 15 is 0 Å². The molecule has 0 unspecified atom stereocenters. The highest BCUT2D eigenvalue weighted by Gasteiger charge is 2.02. The van der Waals surface area contributed by atoms with Crippen LogP contribution in [0.15, 0.2) is 22.7 Å². The van der Waals surface area contributed by atoms with Crippen molar-refractivity contribution in [3.8, 4) is 5.75 Å². The highest BCUT2D eigenvalue weighted by Crippen LogP contribution is 2.26. The van der Waals surface area contributed by atoms with Crippen LogP contribution in [0.1, 0.15) is 18.9 Å². The second kappa shape index (κ2) is 5.25. The Labute approximate surface area is 87.1 Å². The van der Waals surface area contributed by atoms with Gasteiger partial charge in [-0.1, -0.05) is 19.1 Å². The van der Waals surface area contributed by atoms with Gasteiger partial charge in [0.2, 0.25) is 0 Å². The first-order chi connectivity index (χ1) is 6.25. The average Bonchev–Trinajstić information content (AvgIpc) is 2.13. The van der Waals surface area contributed by atoms with Gasteiger partial charge < -0.3 is 10.4 Å². The number of nitrogens with one attached hydrogen (secondary N) is 1. The standard InChI is InChI=1S/C10H14BrNO/c1-2-6-12-7-8-4-3-5-9(11)10(8)13/h3-5,12-13H,2,6-7H2,1H3. The first-order valence-corrected chi connectivity index (χ1v) is 5.22. The van der Waals surface area contributed by atoms with Gasteiger partial charge in [-0.2, -0.15) is 0 Å². The monoisotopic (exact) mass is 243 g/mol. The molecular weight excluding hydrogens is 230 g/mol. The van der Waals surface area contributed by atoms with Crippen molar-refractivity contribution in [2.75, 3.05) is 6.54 Å². The lowest BCUT2D eigenvalue weighted by atomic mass is 10.2. The van der Waals surface area contributed by atoms with Crippen LogP contribution in [0.4, 0.5) is 0 Å². The molecule has 13 heavy (non-hydrogen) atoms. The van der Waals surface area contributed by atoms with E-state index in [0.29, 0.717) is 5.75 Å². The van der Waals surface area contributed by atoms with Crippen molar-refractivity contribution in [2.24, 2.45) is 0 Å². The summed E-state index contributed by atoms with van der Waals surface area (Å²) in [6.07, 6.45) is 1.11. The molecule has 0 aromatic heterocycles. The van der Waals surface area contributed by atoms with Gasteiger partial charge in [-0.05, 0) is 35.0 Å². The molecule has 0 heterocycles. The maximum absolute atomic E-state index is 9.61. The minimum absolute atomic E-state index is 0.339. The summed E-state index contributed by atoms with van der Waals surface area (Å²) in [5, 5.41) is 12.8. The molecule has 2 N–H and O–H groups in total. The molecular formula is C10H14BrNO. The molecule has 1 aromatic rings. The van der Waals surface area contributed by atoms with Gasteiger partial charge in [0.25, 0.3) is 0 Å². The Bertz CT molecular complexity index is 276. The van der Waals surface area contributed by atoms with Gasteiger partial charge in [0.15, 0.2) is 0 Å². The predicted molar refractivity (Wildman–Crippen MR) is 57.8 cm³/mol. The summed E-state index contributed by atoms with van der Waals surface area (Å²) in [5.74, 6) is 0.339. The molecule has 0 saturated heterocycles. The Morgan fingerprint density at radius 2 is 2.23 bits per heavy atom. The van der Waals surface area contributed by atoms with Gasteiger partial charge >= 0.3 is 0 Å². The molecule has 0 aliphatic rings. The number of aromatic hydroxyl groups is 1. The van der Waals surface area contributed by atoms with E-state index in [9.17, 15) is 5.11 Å². The van der Waals surface area contributed by atoms with Crippen molar-refractivity contribution in [3.63, 3.8) is 0 Å². The molecule has 0 spiro atoms. The number of rotatable bonds is 4. The fraction of sp³-hybridized carbons (Fsp3) is 0.400. The highest BCUT2D eigenvalue weighted by molar-refractivity contribution is 9.10. The Kier molecular flexibility index (Phi) is 4.25. The third-order valence-corrected chi connectivity index (χ3v) is 2.45. The van der Waals surface area contributed by atoms with E-state index < -0.39 is 0 Å². The van der Waals surface area contributed by atoms with E-state index in [1.165, 1.54) is 0 Å². The Morgan fingerprint density at radius 3 is 2.92 bits per heavy atom. The molecule has 1 rings (SSSR count). The summed E-state index contributed by atoms with van der Waals surface area (Å²) in [5.41, 5.74) is 0.933. The molecule has 0 aliphatic heterocycles. The van der Waals surface area contributed by atoms with Crippen LogP contribution >= 0.6 is 15.9 Å². The molecule has 0 amide bonds. The smallest absolute Gasteiger partial charge is 0.134 e. The molecule has 1 aromatic carbocycles. The average molecular weight is 244 g/mol. The highest BCUT2D eigenvalue weighted by atomic mass is 79.9. The number of hydrogen-bond acceptors (Lipinski definition) is 2. The largest absolute Gasteiger partial charge is 0.506 e. The van der Waals surface area contributed by atoms with E-state index in [1.54, 1.807) is 0 Å². The van der Waals surface area contributed by atoms with E-state index in [2.05, 4.69) is 28.2 Å². The molecule has 0 saturated carbocycles. The van der Waals surface area contributed by atoms with Crippen molar-refractivity contribution in [3.05, 3.63) is 28.2 Å². The van der Waals surface area contributed by atoms with Crippen LogP contribution < -0.4 is 5.32 Å². The number of para-hydroxylation sites is 1. The van der Waals surface area contributed by atoms with E-state index in [-0.39, 0.29) is 0 Å². The number of phenolic OH excluding ortho intramolecular Hbond substituents is 1. The molecule has 3 heteroatoms.